The number of phenols is 1. The average molecular weight is 414 g/mol. The molecule has 0 aromatic heterocycles. The number of hydrogen-bond acceptors (Lipinski definition) is 4. The van der Waals surface area contributed by atoms with Crippen LogP contribution in [-0.4, -0.2) is 23.9 Å². The fourth-order valence-corrected chi connectivity index (χ4v) is 3.58. The molecule has 0 amide bonds. The lowest BCUT2D eigenvalue weighted by Crippen LogP contribution is -2.48. The number of aromatic hydroxyl groups is 1. The van der Waals surface area contributed by atoms with E-state index in [2.05, 4.69) is 5.32 Å². The molecule has 0 radical (unpaired) electrons. The summed E-state index contributed by atoms with van der Waals surface area (Å²) in [4.78, 5) is 0. The van der Waals surface area contributed by atoms with Crippen molar-refractivity contribution in [1.29, 1.82) is 0 Å². The third-order valence-corrected chi connectivity index (χ3v) is 5.40. The number of phenolic OH excluding ortho intramolecular Hbond substituents is 1. The molecule has 4 nitrogen and oxygen atoms in total. The van der Waals surface area contributed by atoms with Gasteiger partial charge in [0.25, 0.3) is 0 Å². The quantitative estimate of drug-likeness (QED) is 0.613. The molecule has 2 unspecified atom stereocenters. The molecule has 29 heavy (non-hydrogen) atoms. The zero-order valence-electron chi connectivity index (χ0n) is 15.6. The summed E-state index contributed by atoms with van der Waals surface area (Å²) in [6, 6.07) is 19.0. The van der Waals surface area contributed by atoms with Crippen LogP contribution in [0.1, 0.15) is 11.1 Å². The van der Waals surface area contributed by atoms with Crippen LogP contribution < -0.4 is 14.8 Å². The lowest BCUT2D eigenvalue weighted by atomic mass is 10.00. The summed E-state index contributed by atoms with van der Waals surface area (Å²) in [6.07, 6.45) is 0.374. The van der Waals surface area contributed by atoms with Crippen LogP contribution in [0, 0.1) is 5.82 Å². The Bertz CT molecular complexity index is 980. The Balaban J connectivity index is 1.54. The normalized spacial score (nSPS) is 16.4. The molecule has 2 N–H and O–H groups in total. The maximum Gasteiger partial charge on any atom is 0.161 e. The van der Waals surface area contributed by atoms with E-state index in [9.17, 15) is 9.50 Å². The molecule has 0 aliphatic carbocycles. The molecule has 1 aliphatic rings. The van der Waals surface area contributed by atoms with E-state index in [-0.39, 0.29) is 23.7 Å². The van der Waals surface area contributed by atoms with Crippen molar-refractivity contribution in [2.45, 2.75) is 25.1 Å². The van der Waals surface area contributed by atoms with Crippen molar-refractivity contribution in [2.24, 2.45) is 0 Å². The minimum atomic E-state index is -0.268. The van der Waals surface area contributed by atoms with Crippen LogP contribution in [0.4, 0.5) is 4.39 Å². The van der Waals surface area contributed by atoms with Crippen molar-refractivity contribution in [3.8, 4) is 17.2 Å². The molecule has 0 fully saturated rings. The molecule has 1 aliphatic heterocycles. The van der Waals surface area contributed by atoms with E-state index in [1.165, 1.54) is 12.1 Å². The van der Waals surface area contributed by atoms with Crippen molar-refractivity contribution in [3.63, 3.8) is 0 Å². The van der Waals surface area contributed by atoms with E-state index in [0.29, 0.717) is 30.3 Å². The first-order valence-corrected chi connectivity index (χ1v) is 9.80. The van der Waals surface area contributed by atoms with Gasteiger partial charge in [-0.05, 0) is 47.9 Å². The van der Waals surface area contributed by atoms with Gasteiger partial charge in [0.15, 0.2) is 11.5 Å². The number of nitrogens with one attached hydrogen (secondary N) is 1. The van der Waals surface area contributed by atoms with E-state index < -0.39 is 0 Å². The van der Waals surface area contributed by atoms with E-state index in [4.69, 9.17) is 21.1 Å². The van der Waals surface area contributed by atoms with Gasteiger partial charge in [-0.25, -0.2) is 4.39 Å². The van der Waals surface area contributed by atoms with Crippen molar-refractivity contribution in [2.75, 3.05) is 6.61 Å². The highest BCUT2D eigenvalue weighted by molar-refractivity contribution is 6.32. The van der Waals surface area contributed by atoms with Gasteiger partial charge in [-0.2, -0.15) is 0 Å². The SMILES string of the molecule is Oc1cccc(CNC(Cc2ccc(F)cc2)C2COc3ccccc3O2)c1Cl. The predicted octanol–water partition coefficient (Wildman–Crippen LogP) is 4.73. The number of ether oxygens (including phenoxy) is 2. The number of para-hydroxylation sites is 2. The fourth-order valence-electron chi connectivity index (χ4n) is 3.39. The monoisotopic (exact) mass is 413 g/mol. The second kappa shape index (κ2) is 8.72. The second-order valence-electron chi connectivity index (χ2n) is 6.98. The number of hydrogen-bond donors (Lipinski definition) is 2. The highest BCUT2D eigenvalue weighted by atomic mass is 35.5. The Morgan fingerprint density at radius 2 is 1.79 bits per heavy atom. The summed E-state index contributed by atoms with van der Waals surface area (Å²) in [5.41, 5.74) is 1.77. The van der Waals surface area contributed by atoms with E-state index in [1.807, 2.05) is 30.3 Å². The Hall–Kier alpha value is -2.76. The largest absolute Gasteiger partial charge is 0.506 e. The average Bonchev–Trinajstić information content (AvgIpc) is 2.75. The maximum absolute atomic E-state index is 13.3. The van der Waals surface area contributed by atoms with Gasteiger partial charge in [-0.3, -0.25) is 0 Å². The van der Waals surface area contributed by atoms with Crippen LogP contribution in [0.25, 0.3) is 0 Å². The zero-order valence-corrected chi connectivity index (χ0v) is 16.4. The standard InChI is InChI=1S/C23H21ClFNO3/c24-23-16(4-3-5-19(23)27)13-26-18(12-15-8-10-17(25)11-9-15)22-14-28-20-6-1-2-7-21(20)29-22/h1-11,18,22,26-27H,12-14H2. The van der Waals surface area contributed by atoms with Gasteiger partial charge in [0, 0.05) is 6.54 Å². The van der Waals surface area contributed by atoms with Crippen LogP contribution in [0.3, 0.4) is 0 Å². The molecular formula is C23H21ClFNO3. The molecule has 2 atom stereocenters. The Labute approximate surface area is 173 Å². The highest BCUT2D eigenvalue weighted by Gasteiger charge is 2.29. The Morgan fingerprint density at radius 1 is 1.03 bits per heavy atom. The predicted molar refractivity (Wildman–Crippen MR) is 110 cm³/mol. The zero-order chi connectivity index (χ0) is 20.2. The van der Waals surface area contributed by atoms with Gasteiger partial charge >= 0.3 is 0 Å². The molecule has 4 rings (SSSR count). The van der Waals surface area contributed by atoms with Crippen LogP contribution in [-0.2, 0) is 13.0 Å². The number of benzene rings is 3. The number of rotatable bonds is 6. The molecule has 6 heteroatoms. The molecule has 0 spiro atoms. The lowest BCUT2D eigenvalue weighted by molar-refractivity contribution is 0.0613. The minimum Gasteiger partial charge on any atom is -0.506 e. The van der Waals surface area contributed by atoms with E-state index >= 15 is 0 Å². The van der Waals surface area contributed by atoms with Gasteiger partial charge in [-0.1, -0.05) is 48.0 Å². The summed E-state index contributed by atoms with van der Waals surface area (Å²) < 4.78 is 25.4. The first kappa shape index (κ1) is 19.6. The highest BCUT2D eigenvalue weighted by Crippen LogP contribution is 2.32. The smallest absolute Gasteiger partial charge is 0.161 e. The third kappa shape index (κ3) is 4.63. The van der Waals surface area contributed by atoms with Gasteiger partial charge in [-0.15, -0.1) is 0 Å². The fraction of sp³-hybridized carbons (Fsp3) is 0.217. The second-order valence-corrected chi connectivity index (χ2v) is 7.36. The summed E-state index contributed by atoms with van der Waals surface area (Å²) in [7, 11) is 0. The first-order chi connectivity index (χ1) is 14.1. The topological polar surface area (TPSA) is 50.7 Å². The van der Waals surface area contributed by atoms with Crippen LogP contribution in [0.5, 0.6) is 17.2 Å². The molecular weight excluding hydrogens is 393 g/mol. The summed E-state index contributed by atoms with van der Waals surface area (Å²) in [5.74, 6) is 1.20. The molecule has 0 bridgehead atoms. The van der Waals surface area contributed by atoms with Gasteiger partial charge in [0.05, 0.1) is 11.1 Å². The number of fused-ring (bicyclic) bond motifs is 1. The third-order valence-electron chi connectivity index (χ3n) is 4.96. The van der Waals surface area contributed by atoms with E-state index in [1.54, 1.807) is 24.3 Å². The first-order valence-electron chi connectivity index (χ1n) is 9.43. The number of halogens is 2. The maximum atomic E-state index is 13.3. The van der Waals surface area contributed by atoms with Crippen molar-refractivity contribution >= 4 is 11.6 Å². The molecule has 3 aromatic rings. The van der Waals surface area contributed by atoms with Crippen molar-refractivity contribution in [3.05, 3.63) is 88.7 Å². The van der Waals surface area contributed by atoms with E-state index in [0.717, 1.165) is 16.9 Å². The van der Waals surface area contributed by atoms with Crippen LogP contribution in [0.2, 0.25) is 5.02 Å². The van der Waals surface area contributed by atoms with Gasteiger partial charge in [0.1, 0.15) is 24.3 Å². The van der Waals surface area contributed by atoms with Crippen LogP contribution in [0.15, 0.2) is 66.7 Å². The van der Waals surface area contributed by atoms with Crippen LogP contribution >= 0.6 is 11.6 Å². The Kier molecular flexibility index (Phi) is 5.88. The van der Waals surface area contributed by atoms with Gasteiger partial charge < -0.3 is 19.9 Å². The summed E-state index contributed by atoms with van der Waals surface area (Å²) >= 11 is 6.22. The minimum absolute atomic E-state index is 0.0484. The summed E-state index contributed by atoms with van der Waals surface area (Å²) in [6.45, 7) is 0.838. The van der Waals surface area contributed by atoms with Gasteiger partial charge in [0.2, 0.25) is 0 Å². The molecule has 150 valence electrons. The molecule has 3 aromatic carbocycles. The Morgan fingerprint density at radius 3 is 2.59 bits per heavy atom. The molecule has 1 heterocycles. The molecule has 0 saturated carbocycles. The summed E-state index contributed by atoms with van der Waals surface area (Å²) in [5, 5.41) is 13.6. The lowest BCUT2D eigenvalue weighted by Gasteiger charge is -2.33. The molecule has 0 saturated heterocycles. The van der Waals surface area contributed by atoms with Crippen molar-refractivity contribution < 1.29 is 19.0 Å². The van der Waals surface area contributed by atoms with Crippen molar-refractivity contribution in [1.82, 2.24) is 5.32 Å².